The Morgan fingerprint density at radius 3 is 1.69 bits per heavy atom. The van der Waals surface area contributed by atoms with Gasteiger partial charge in [-0.2, -0.15) is 0 Å². The first kappa shape index (κ1) is 8.76. The van der Waals surface area contributed by atoms with Gasteiger partial charge < -0.3 is 0 Å². The third-order valence-electron chi connectivity index (χ3n) is 2.74. The van der Waals surface area contributed by atoms with Gasteiger partial charge in [0.25, 0.3) is 0 Å². The highest BCUT2D eigenvalue weighted by atomic mass is 28.2. The van der Waals surface area contributed by atoms with Crippen LogP contribution >= 0.6 is 0 Å². The first-order chi connectivity index (χ1) is 6.45. The van der Waals surface area contributed by atoms with Crippen molar-refractivity contribution in [2.45, 2.75) is 23.9 Å². The molecule has 2 unspecified atom stereocenters. The van der Waals surface area contributed by atoms with E-state index in [2.05, 4.69) is 48.6 Å². The fourth-order valence-electron chi connectivity index (χ4n) is 2.00. The molecule has 2 rings (SSSR count). The standard InChI is InChI=1S/C12H16Si/c1-3-7-11(8-4-1)13-12-9-5-2-6-10-12/h1-7,9,11-12H,8,10,13H2. The summed E-state index contributed by atoms with van der Waals surface area (Å²) in [6.07, 6.45) is 20.8. The van der Waals surface area contributed by atoms with E-state index < -0.39 is 0 Å². The van der Waals surface area contributed by atoms with Gasteiger partial charge in [0.15, 0.2) is 0 Å². The molecule has 0 radical (unpaired) electrons. The van der Waals surface area contributed by atoms with Crippen LogP contribution in [0.4, 0.5) is 0 Å². The predicted molar refractivity (Wildman–Crippen MR) is 61.8 cm³/mol. The van der Waals surface area contributed by atoms with Gasteiger partial charge in [0, 0.05) is 9.52 Å². The van der Waals surface area contributed by atoms with Crippen molar-refractivity contribution in [1.29, 1.82) is 0 Å². The van der Waals surface area contributed by atoms with Gasteiger partial charge in [0.2, 0.25) is 0 Å². The van der Waals surface area contributed by atoms with Crippen molar-refractivity contribution in [3.8, 4) is 0 Å². The number of rotatable bonds is 2. The molecule has 0 fully saturated rings. The van der Waals surface area contributed by atoms with Gasteiger partial charge in [-0.15, -0.1) is 0 Å². The van der Waals surface area contributed by atoms with Gasteiger partial charge in [-0.05, 0) is 23.9 Å². The van der Waals surface area contributed by atoms with E-state index in [9.17, 15) is 0 Å². The summed E-state index contributed by atoms with van der Waals surface area (Å²) in [5.41, 5.74) is 1.82. The topological polar surface area (TPSA) is 0 Å². The Kier molecular flexibility index (Phi) is 2.98. The van der Waals surface area contributed by atoms with E-state index in [0.29, 0.717) is 0 Å². The average Bonchev–Trinajstić information content (AvgIpc) is 2.21. The largest absolute Gasteiger partial charge is 0.0844 e. The highest BCUT2D eigenvalue weighted by Gasteiger charge is 2.13. The van der Waals surface area contributed by atoms with Crippen LogP contribution in [-0.2, 0) is 0 Å². The number of hydrogen-bond donors (Lipinski definition) is 0. The lowest BCUT2D eigenvalue weighted by Gasteiger charge is -2.18. The van der Waals surface area contributed by atoms with Crippen molar-refractivity contribution in [3.63, 3.8) is 0 Å². The van der Waals surface area contributed by atoms with Crippen molar-refractivity contribution in [2.24, 2.45) is 0 Å². The minimum Gasteiger partial charge on any atom is -0.0844 e. The number of hydrogen-bond acceptors (Lipinski definition) is 0. The average molecular weight is 188 g/mol. The molecule has 68 valence electrons. The van der Waals surface area contributed by atoms with E-state index >= 15 is 0 Å². The molecule has 13 heavy (non-hydrogen) atoms. The van der Waals surface area contributed by atoms with Crippen LogP contribution in [-0.4, -0.2) is 9.52 Å². The van der Waals surface area contributed by atoms with Crippen LogP contribution in [0.3, 0.4) is 0 Å². The molecule has 2 aliphatic carbocycles. The summed E-state index contributed by atoms with van der Waals surface area (Å²) in [5, 5.41) is 0. The second-order valence-corrected chi connectivity index (χ2v) is 6.42. The van der Waals surface area contributed by atoms with Crippen molar-refractivity contribution in [3.05, 3.63) is 48.6 Å². The fourth-order valence-corrected chi connectivity index (χ4v) is 4.18. The lowest BCUT2D eigenvalue weighted by atomic mass is 10.2. The molecule has 0 spiro atoms. The molecule has 2 aliphatic rings. The van der Waals surface area contributed by atoms with Gasteiger partial charge in [0.05, 0.1) is 0 Å². The molecule has 2 atom stereocenters. The summed E-state index contributed by atoms with van der Waals surface area (Å²) >= 11 is 0. The lowest BCUT2D eigenvalue weighted by Crippen LogP contribution is -2.09. The molecule has 0 aromatic carbocycles. The smallest absolute Gasteiger partial charge is 0.0365 e. The zero-order valence-electron chi connectivity index (χ0n) is 7.89. The van der Waals surface area contributed by atoms with Gasteiger partial charge in [-0.25, -0.2) is 0 Å². The summed E-state index contributed by atoms with van der Waals surface area (Å²) in [5.74, 6) is 0. The zero-order chi connectivity index (χ0) is 8.93. The molecular weight excluding hydrogens is 172 g/mol. The van der Waals surface area contributed by atoms with E-state index in [0.717, 1.165) is 11.1 Å². The van der Waals surface area contributed by atoms with E-state index in [-0.39, 0.29) is 9.52 Å². The predicted octanol–water partition coefficient (Wildman–Crippen LogP) is 2.76. The first-order valence-electron chi connectivity index (χ1n) is 5.12. The minimum absolute atomic E-state index is 0.0436. The summed E-state index contributed by atoms with van der Waals surface area (Å²) in [4.78, 5) is 0. The molecule has 0 saturated carbocycles. The molecule has 0 aliphatic heterocycles. The maximum absolute atomic E-state index is 2.40. The van der Waals surface area contributed by atoms with E-state index in [1.165, 1.54) is 12.8 Å². The van der Waals surface area contributed by atoms with Gasteiger partial charge in [-0.1, -0.05) is 48.6 Å². The van der Waals surface area contributed by atoms with Crippen LogP contribution in [0.15, 0.2) is 48.6 Å². The van der Waals surface area contributed by atoms with E-state index in [1.807, 2.05) is 0 Å². The van der Waals surface area contributed by atoms with Crippen LogP contribution in [0.25, 0.3) is 0 Å². The normalized spacial score (nSPS) is 32.0. The lowest BCUT2D eigenvalue weighted by molar-refractivity contribution is 0.941. The molecule has 0 aromatic rings. The van der Waals surface area contributed by atoms with Gasteiger partial charge in [0.1, 0.15) is 0 Å². The SMILES string of the molecule is C1=CCC([SiH2]C2C=CC=CC2)C=C1. The summed E-state index contributed by atoms with van der Waals surface area (Å²) in [6, 6.07) is 0. The molecule has 0 bridgehead atoms. The molecule has 0 heterocycles. The molecule has 0 saturated heterocycles. The molecule has 0 N–H and O–H groups in total. The second-order valence-electron chi connectivity index (χ2n) is 3.85. The molecule has 0 nitrogen and oxygen atoms in total. The van der Waals surface area contributed by atoms with Crippen molar-refractivity contribution >= 4 is 9.52 Å². The van der Waals surface area contributed by atoms with Crippen molar-refractivity contribution < 1.29 is 0 Å². The molecule has 0 aromatic heterocycles. The Balaban J connectivity index is 1.84. The quantitative estimate of drug-likeness (QED) is 0.585. The highest BCUT2D eigenvalue weighted by Crippen LogP contribution is 2.26. The van der Waals surface area contributed by atoms with E-state index in [1.54, 1.807) is 0 Å². The maximum atomic E-state index is 2.40. The Morgan fingerprint density at radius 2 is 1.31 bits per heavy atom. The zero-order valence-corrected chi connectivity index (χ0v) is 9.31. The Hall–Kier alpha value is -0.823. The van der Waals surface area contributed by atoms with Crippen LogP contribution in [0, 0.1) is 0 Å². The maximum Gasteiger partial charge on any atom is 0.0365 e. The number of allylic oxidation sites excluding steroid dienone is 8. The molecule has 1 heteroatoms. The Labute approximate surface area is 82.6 Å². The highest BCUT2D eigenvalue weighted by molar-refractivity contribution is 6.41. The Morgan fingerprint density at radius 1 is 0.769 bits per heavy atom. The third kappa shape index (κ3) is 2.56. The second kappa shape index (κ2) is 4.42. The van der Waals surface area contributed by atoms with Crippen molar-refractivity contribution in [1.82, 2.24) is 0 Å². The molecular formula is C12H16Si. The third-order valence-corrected chi connectivity index (χ3v) is 5.17. The Bertz CT molecular complexity index is 243. The van der Waals surface area contributed by atoms with Gasteiger partial charge >= 0.3 is 0 Å². The first-order valence-corrected chi connectivity index (χ1v) is 6.75. The summed E-state index contributed by atoms with van der Waals surface area (Å²) < 4.78 is 0. The molecule has 0 amide bonds. The van der Waals surface area contributed by atoms with Crippen LogP contribution in [0.1, 0.15) is 12.8 Å². The fraction of sp³-hybridized carbons (Fsp3) is 0.333. The monoisotopic (exact) mass is 188 g/mol. The van der Waals surface area contributed by atoms with Crippen LogP contribution in [0.2, 0.25) is 11.1 Å². The van der Waals surface area contributed by atoms with E-state index in [4.69, 9.17) is 0 Å². The summed E-state index contributed by atoms with van der Waals surface area (Å²) in [7, 11) is 0.0436. The van der Waals surface area contributed by atoms with Gasteiger partial charge in [-0.3, -0.25) is 0 Å². The van der Waals surface area contributed by atoms with Crippen molar-refractivity contribution in [2.75, 3.05) is 0 Å². The minimum atomic E-state index is 0.0436. The van der Waals surface area contributed by atoms with Crippen LogP contribution < -0.4 is 0 Å². The van der Waals surface area contributed by atoms with Crippen LogP contribution in [0.5, 0.6) is 0 Å². The summed E-state index contributed by atoms with van der Waals surface area (Å²) in [6.45, 7) is 0.